The number of thiophene rings is 1. The van der Waals surface area contributed by atoms with Crippen molar-refractivity contribution in [1.29, 1.82) is 0 Å². The SMILES string of the molecule is CCC(CN1CCOCC1)Nc1cc(C#CC(C)(C)C)sc1C(=O)OC. The Hall–Kier alpha value is -1.55. The number of nitrogens with zero attached hydrogens (tertiary/aromatic N) is 1. The number of carbonyl (C=O) groups is 1. The van der Waals surface area contributed by atoms with Crippen LogP contribution in [0.25, 0.3) is 0 Å². The van der Waals surface area contributed by atoms with Crippen LogP contribution in [0.4, 0.5) is 5.69 Å². The number of carbonyl (C=O) groups excluding carboxylic acids is 1. The van der Waals surface area contributed by atoms with Crippen molar-refractivity contribution in [3.63, 3.8) is 0 Å². The molecule has 6 heteroatoms. The van der Waals surface area contributed by atoms with E-state index in [9.17, 15) is 4.79 Å². The van der Waals surface area contributed by atoms with Crippen LogP contribution in [0.2, 0.25) is 0 Å². The van der Waals surface area contributed by atoms with E-state index in [4.69, 9.17) is 9.47 Å². The summed E-state index contributed by atoms with van der Waals surface area (Å²) < 4.78 is 10.4. The summed E-state index contributed by atoms with van der Waals surface area (Å²) >= 11 is 1.39. The van der Waals surface area contributed by atoms with Gasteiger partial charge in [0.25, 0.3) is 0 Å². The molecule has 0 spiro atoms. The lowest BCUT2D eigenvalue weighted by molar-refractivity contribution is 0.0360. The van der Waals surface area contributed by atoms with E-state index in [1.165, 1.54) is 18.4 Å². The molecule has 1 N–H and O–H groups in total. The van der Waals surface area contributed by atoms with Crippen LogP contribution in [0, 0.1) is 17.3 Å². The van der Waals surface area contributed by atoms with Crippen molar-refractivity contribution < 1.29 is 14.3 Å². The summed E-state index contributed by atoms with van der Waals surface area (Å²) in [6, 6.07) is 2.23. The van der Waals surface area contributed by atoms with E-state index < -0.39 is 0 Å². The molecule has 0 amide bonds. The second-order valence-corrected chi connectivity index (χ2v) is 8.56. The normalized spacial score (nSPS) is 16.5. The molecule has 26 heavy (non-hydrogen) atoms. The van der Waals surface area contributed by atoms with Crippen LogP contribution in [0.5, 0.6) is 0 Å². The highest BCUT2D eigenvalue weighted by atomic mass is 32.1. The zero-order chi connectivity index (χ0) is 19.2. The van der Waals surface area contributed by atoms with Crippen molar-refractivity contribution >= 4 is 23.0 Å². The van der Waals surface area contributed by atoms with Gasteiger partial charge in [0.15, 0.2) is 0 Å². The highest BCUT2D eigenvalue weighted by molar-refractivity contribution is 7.15. The van der Waals surface area contributed by atoms with Crippen molar-refractivity contribution in [2.24, 2.45) is 5.41 Å². The highest BCUT2D eigenvalue weighted by Crippen LogP contribution is 2.29. The van der Waals surface area contributed by atoms with Gasteiger partial charge in [-0.15, -0.1) is 11.3 Å². The number of methoxy groups -OCH3 is 1. The van der Waals surface area contributed by atoms with E-state index >= 15 is 0 Å². The molecule has 2 rings (SSSR count). The molecule has 1 aromatic rings. The second kappa shape index (κ2) is 9.40. The van der Waals surface area contributed by atoms with E-state index in [0.29, 0.717) is 4.88 Å². The molecular weight excluding hydrogens is 348 g/mol. The Morgan fingerprint density at radius 2 is 2.12 bits per heavy atom. The molecule has 0 bridgehead atoms. The van der Waals surface area contributed by atoms with Gasteiger partial charge in [-0.1, -0.05) is 18.8 Å². The summed E-state index contributed by atoms with van der Waals surface area (Å²) in [5, 5.41) is 3.54. The molecule has 1 aromatic heterocycles. The Balaban J connectivity index is 2.17. The summed E-state index contributed by atoms with van der Waals surface area (Å²) in [4.78, 5) is 16.0. The van der Waals surface area contributed by atoms with E-state index in [-0.39, 0.29) is 17.4 Å². The number of esters is 1. The molecule has 1 aliphatic rings. The van der Waals surface area contributed by atoms with Gasteiger partial charge in [-0.05, 0) is 33.3 Å². The summed E-state index contributed by atoms with van der Waals surface area (Å²) in [5.74, 6) is 6.10. The van der Waals surface area contributed by atoms with Gasteiger partial charge in [-0.25, -0.2) is 4.79 Å². The monoisotopic (exact) mass is 378 g/mol. The predicted octanol–water partition coefficient (Wildman–Crippen LogP) is 3.46. The molecule has 1 atom stereocenters. The van der Waals surface area contributed by atoms with Crippen molar-refractivity contribution in [1.82, 2.24) is 4.90 Å². The largest absolute Gasteiger partial charge is 0.465 e. The zero-order valence-electron chi connectivity index (χ0n) is 16.5. The molecule has 5 nitrogen and oxygen atoms in total. The lowest BCUT2D eigenvalue weighted by Gasteiger charge is -2.30. The van der Waals surface area contributed by atoms with Gasteiger partial charge in [-0.2, -0.15) is 0 Å². The van der Waals surface area contributed by atoms with Crippen LogP contribution in [0.15, 0.2) is 6.07 Å². The van der Waals surface area contributed by atoms with Crippen LogP contribution < -0.4 is 5.32 Å². The van der Waals surface area contributed by atoms with Crippen LogP contribution in [0.3, 0.4) is 0 Å². The molecule has 0 aliphatic carbocycles. The Kier molecular flexibility index (Phi) is 7.51. The molecule has 1 fully saturated rings. The highest BCUT2D eigenvalue weighted by Gasteiger charge is 2.21. The predicted molar refractivity (Wildman–Crippen MR) is 107 cm³/mol. The van der Waals surface area contributed by atoms with Crippen LogP contribution >= 0.6 is 11.3 Å². The maximum absolute atomic E-state index is 12.2. The van der Waals surface area contributed by atoms with Crippen LogP contribution in [-0.4, -0.2) is 56.9 Å². The number of morpholine rings is 1. The Morgan fingerprint density at radius 1 is 1.42 bits per heavy atom. The molecule has 144 valence electrons. The van der Waals surface area contributed by atoms with Crippen molar-refractivity contribution in [2.75, 3.05) is 45.3 Å². The number of anilines is 1. The fourth-order valence-corrected chi connectivity index (χ4v) is 3.54. The average molecular weight is 379 g/mol. The molecule has 0 aromatic carbocycles. The maximum Gasteiger partial charge on any atom is 0.350 e. The lowest BCUT2D eigenvalue weighted by Crippen LogP contribution is -2.43. The Morgan fingerprint density at radius 3 is 2.69 bits per heavy atom. The standard InChI is InChI=1S/C20H30N2O3S/c1-6-15(14-22-9-11-25-12-10-22)21-17-13-16(7-8-20(2,3)4)26-18(17)19(23)24-5/h13,15,21H,6,9-12,14H2,1-5H3. The number of hydrogen-bond donors (Lipinski definition) is 1. The molecule has 0 radical (unpaired) electrons. The lowest BCUT2D eigenvalue weighted by atomic mass is 9.98. The fourth-order valence-electron chi connectivity index (χ4n) is 2.65. The van der Waals surface area contributed by atoms with Gasteiger partial charge in [0.1, 0.15) is 4.88 Å². The first-order valence-corrected chi connectivity index (χ1v) is 9.96. The molecule has 1 saturated heterocycles. The second-order valence-electron chi connectivity index (χ2n) is 7.51. The zero-order valence-corrected chi connectivity index (χ0v) is 17.3. The number of nitrogens with one attached hydrogen (secondary N) is 1. The van der Waals surface area contributed by atoms with E-state index in [0.717, 1.165) is 49.8 Å². The summed E-state index contributed by atoms with van der Waals surface area (Å²) in [5.41, 5.74) is 0.742. The fraction of sp³-hybridized carbons (Fsp3) is 0.650. The minimum Gasteiger partial charge on any atom is -0.465 e. The Bertz CT molecular complexity index is 661. The third-order valence-corrected chi connectivity index (χ3v) is 5.13. The Labute approximate surface area is 161 Å². The summed E-state index contributed by atoms with van der Waals surface area (Å²) in [7, 11) is 1.41. The van der Waals surface area contributed by atoms with Crippen molar-refractivity contribution in [3.8, 4) is 11.8 Å². The smallest absolute Gasteiger partial charge is 0.350 e. The van der Waals surface area contributed by atoms with Gasteiger partial charge in [0, 0.05) is 31.1 Å². The average Bonchev–Trinajstić information content (AvgIpc) is 3.02. The van der Waals surface area contributed by atoms with E-state index in [1.807, 2.05) is 6.07 Å². The first-order valence-electron chi connectivity index (χ1n) is 9.14. The molecule has 2 heterocycles. The molecule has 0 saturated carbocycles. The van der Waals surface area contributed by atoms with Crippen molar-refractivity contribution in [2.45, 2.75) is 40.2 Å². The number of hydrogen-bond acceptors (Lipinski definition) is 6. The topological polar surface area (TPSA) is 50.8 Å². The summed E-state index contributed by atoms with van der Waals surface area (Å²) in [6.07, 6.45) is 0.969. The third-order valence-electron chi connectivity index (χ3n) is 4.10. The first-order chi connectivity index (χ1) is 12.3. The van der Waals surface area contributed by atoms with Crippen LogP contribution in [0.1, 0.15) is 48.7 Å². The third kappa shape index (κ3) is 6.31. The van der Waals surface area contributed by atoms with Gasteiger partial charge in [0.2, 0.25) is 0 Å². The number of rotatable bonds is 6. The minimum atomic E-state index is -0.317. The van der Waals surface area contributed by atoms with Gasteiger partial charge in [-0.3, -0.25) is 4.90 Å². The molecule has 1 unspecified atom stereocenters. The van der Waals surface area contributed by atoms with Crippen LogP contribution in [-0.2, 0) is 9.47 Å². The minimum absolute atomic E-state index is 0.0781. The molecule has 1 aliphatic heterocycles. The molecular formula is C20H30N2O3S. The van der Waals surface area contributed by atoms with E-state index in [2.05, 4.69) is 49.8 Å². The quantitative estimate of drug-likeness (QED) is 0.607. The van der Waals surface area contributed by atoms with E-state index in [1.54, 1.807) is 0 Å². The maximum atomic E-state index is 12.2. The van der Waals surface area contributed by atoms with Crippen molar-refractivity contribution in [3.05, 3.63) is 15.8 Å². The van der Waals surface area contributed by atoms with Gasteiger partial charge >= 0.3 is 5.97 Å². The summed E-state index contributed by atoms with van der Waals surface area (Å²) in [6.45, 7) is 12.8. The van der Waals surface area contributed by atoms with Gasteiger partial charge in [0.05, 0.1) is 30.9 Å². The van der Waals surface area contributed by atoms with Gasteiger partial charge < -0.3 is 14.8 Å². The number of ether oxygens (including phenoxy) is 2. The first kappa shape index (κ1) is 20.8.